The van der Waals surface area contributed by atoms with Crippen molar-refractivity contribution in [2.75, 3.05) is 0 Å². The van der Waals surface area contributed by atoms with Gasteiger partial charge in [-0.3, -0.25) is 15.0 Å². The van der Waals surface area contributed by atoms with Crippen molar-refractivity contribution < 1.29 is 28.6 Å². The summed E-state index contributed by atoms with van der Waals surface area (Å²) in [6, 6.07) is 21.3. The maximum Gasteiger partial charge on any atom is 0.345 e. The molecule has 0 radical (unpaired) electrons. The number of esters is 3. The maximum absolute atomic E-state index is 12.6. The van der Waals surface area contributed by atoms with Gasteiger partial charge in [-0.05, 0) is 71.8 Å². The van der Waals surface area contributed by atoms with Crippen molar-refractivity contribution in [2.45, 2.75) is 0 Å². The summed E-state index contributed by atoms with van der Waals surface area (Å²) in [6.07, 6.45) is 12.5. The van der Waals surface area contributed by atoms with Gasteiger partial charge in [-0.25, -0.2) is 14.4 Å². The number of carbonyl (C=O) groups excluding carboxylic acids is 3. The molecular weight excluding hydrogens is 522 g/mol. The molecule has 0 bridgehead atoms. The van der Waals surface area contributed by atoms with E-state index in [1.807, 2.05) is 6.08 Å². The fraction of sp³-hybridized carbons (Fsp3) is 0. The Hall–Kier alpha value is -5.96. The third-order valence-electron chi connectivity index (χ3n) is 5.57. The first-order valence-electron chi connectivity index (χ1n) is 12.3. The molecule has 0 N–H and O–H groups in total. The fourth-order valence-corrected chi connectivity index (χ4v) is 3.60. The molecule has 3 aromatic heterocycles. The average Bonchev–Trinajstić information content (AvgIpc) is 3.02. The van der Waals surface area contributed by atoms with E-state index < -0.39 is 17.9 Å². The third kappa shape index (κ3) is 7.33. The molecule has 41 heavy (non-hydrogen) atoms. The molecule has 0 aliphatic rings. The molecule has 9 nitrogen and oxygen atoms in total. The number of hydrogen-bond acceptors (Lipinski definition) is 9. The lowest BCUT2D eigenvalue weighted by Crippen LogP contribution is -2.11. The Balaban J connectivity index is 1.34. The van der Waals surface area contributed by atoms with Gasteiger partial charge < -0.3 is 14.2 Å². The first-order chi connectivity index (χ1) is 20.0. The predicted molar refractivity (Wildman–Crippen MR) is 149 cm³/mol. The van der Waals surface area contributed by atoms with Gasteiger partial charge in [-0.15, -0.1) is 0 Å². The summed E-state index contributed by atoms with van der Waals surface area (Å²) < 4.78 is 16.5. The highest BCUT2D eigenvalue weighted by atomic mass is 16.5. The van der Waals surface area contributed by atoms with Gasteiger partial charge in [0.2, 0.25) is 0 Å². The lowest BCUT2D eigenvalue weighted by Gasteiger charge is -2.09. The van der Waals surface area contributed by atoms with Crippen LogP contribution < -0.4 is 14.2 Å². The van der Waals surface area contributed by atoms with Crippen LogP contribution >= 0.6 is 0 Å². The molecule has 0 atom stereocenters. The van der Waals surface area contributed by atoms with Crippen LogP contribution in [0.5, 0.6) is 17.2 Å². The standard InChI is InChI=1S/C32H21N3O6/c36-30(24-4-1-13-33-19-24)39-27-11-9-22(10-12-27)7-8-23-16-28(40-31(37)25-5-2-14-34-20-25)18-29(17-23)41-32(38)26-6-3-15-35-21-26/h1-21H/b8-7+. The van der Waals surface area contributed by atoms with E-state index in [0.29, 0.717) is 16.9 Å². The molecule has 0 aliphatic heterocycles. The summed E-state index contributed by atoms with van der Waals surface area (Å²) in [7, 11) is 0. The lowest BCUT2D eigenvalue weighted by molar-refractivity contribution is 0.0719. The molecule has 0 unspecified atom stereocenters. The molecule has 0 amide bonds. The second kappa shape index (κ2) is 12.7. The Morgan fingerprint density at radius 3 is 1.32 bits per heavy atom. The number of ether oxygens (including phenoxy) is 3. The van der Waals surface area contributed by atoms with Crippen molar-refractivity contribution in [3.05, 3.63) is 144 Å². The molecule has 5 rings (SSSR count). The van der Waals surface area contributed by atoms with E-state index in [-0.39, 0.29) is 22.6 Å². The molecule has 0 saturated heterocycles. The van der Waals surface area contributed by atoms with E-state index in [0.717, 1.165) is 5.56 Å². The Morgan fingerprint density at radius 1 is 0.488 bits per heavy atom. The summed E-state index contributed by atoms with van der Waals surface area (Å²) in [5.74, 6) is -1.00. The van der Waals surface area contributed by atoms with E-state index >= 15 is 0 Å². The number of nitrogens with zero attached hydrogens (tertiary/aromatic N) is 3. The zero-order valence-electron chi connectivity index (χ0n) is 21.4. The zero-order chi connectivity index (χ0) is 28.4. The van der Waals surface area contributed by atoms with Crippen molar-refractivity contribution in [3.8, 4) is 17.2 Å². The third-order valence-corrected chi connectivity index (χ3v) is 5.57. The minimum Gasteiger partial charge on any atom is -0.423 e. The average molecular weight is 544 g/mol. The highest BCUT2D eigenvalue weighted by molar-refractivity contribution is 5.92. The van der Waals surface area contributed by atoms with Crippen LogP contribution in [-0.2, 0) is 0 Å². The van der Waals surface area contributed by atoms with Gasteiger partial charge >= 0.3 is 17.9 Å². The van der Waals surface area contributed by atoms with Gasteiger partial charge in [0.15, 0.2) is 0 Å². The van der Waals surface area contributed by atoms with Crippen molar-refractivity contribution in [1.82, 2.24) is 15.0 Å². The largest absolute Gasteiger partial charge is 0.423 e. The van der Waals surface area contributed by atoms with Crippen molar-refractivity contribution >= 4 is 30.1 Å². The quantitative estimate of drug-likeness (QED) is 0.138. The number of carbonyl (C=O) groups is 3. The van der Waals surface area contributed by atoms with Crippen LogP contribution in [0.4, 0.5) is 0 Å². The first kappa shape index (κ1) is 26.6. The smallest absolute Gasteiger partial charge is 0.345 e. The van der Waals surface area contributed by atoms with Crippen LogP contribution in [0.15, 0.2) is 116 Å². The Bertz CT molecular complexity index is 1620. The van der Waals surface area contributed by atoms with Crippen LogP contribution in [0, 0.1) is 0 Å². The fourth-order valence-electron chi connectivity index (χ4n) is 3.60. The lowest BCUT2D eigenvalue weighted by atomic mass is 10.1. The summed E-state index contributed by atoms with van der Waals surface area (Å²) in [5, 5.41) is 0. The number of hydrogen-bond donors (Lipinski definition) is 0. The summed E-state index contributed by atoms with van der Waals surface area (Å²) in [5.41, 5.74) is 2.29. The van der Waals surface area contributed by atoms with Gasteiger partial charge in [0, 0.05) is 43.2 Å². The molecule has 5 aromatic rings. The second-order valence-corrected chi connectivity index (χ2v) is 8.53. The van der Waals surface area contributed by atoms with Crippen LogP contribution in [0.3, 0.4) is 0 Å². The maximum atomic E-state index is 12.6. The minimum atomic E-state index is -0.611. The van der Waals surface area contributed by atoms with E-state index in [1.165, 1.54) is 24.7 Å². The summed E-state index contributed by atoms with van der Waals surface area (Å²) in [4.78, 5) is 49.3. The molecule has 0 saturated carbocycles. The van der Waals surface area contributed by atoms with Crippen LogP contribution in [0.2, 0.25) is 0 Å². The van der Waals surface area contributed by atoms with Crippen molar-refractivity contribution in [3.63, 3.8) is 0 Å². The Kier molecular flexibility index (Phi) is 8.27. The molecule has 3 heterocycles. The van der Waals surface area contributed by atoms with Gasteiger partial charge in [0.1, 0.15) is 17.2 Å². The number of aromatic nitrogens is 3. The number of pyridine rings is 3. The zero-order valence-corrected chi connectivity index (χ0v) is 21.4. The van der Waals surface area contributed by atoms with Crippen LogP contribution in [-0.4, -0.2) is 32.9 Å². The monoisotopic (exact) mass is 543 g/mol. The van der Waals surface area contributed by atoms with E-state index in [4.69, 9.17) is 14.2 Å². The van der Waals surface area contributed by atoms with Gasteiger partial charge in [0.05, 0.1) is 16.7 Å². The topological polar surface area (TPSA) is 118 Å². The number of rotatable bonds is 8. The normalized spacial score (nSPS) is 10.6. The molecule has 9 heteroatoms. The molecule has 200 valence electrons. The first-order valence-corrected chi connectivity index (χ1v) is 12.3. The van der Waals surface area contributed by atoms with Gasteiger partial charge in [-0.2, -0.15) is 0 Å². The van der Waals surface area contributed by atoms with Crippen LogP contribution in [0.25, 0.3) is 12.2 Å². The summed E-state index contributed by atoms with van der Waals surface area (Å²) in [6.45, 7) is 0. The molecule has 0 spiro atoms. The summed E-state index contributed by atoms with van der Waals surface area (Å²) >= 11 is 0. The SMILES string of the molecule is O=C(Oc1ccc(/C=C/c2cc(OC(=O)c3cccnc3)cc(OC(=O)c3cccnc3)c2)cc1)c1cccnc1. The molecule has 2 aromatic carbocycles. The molecule has 0 aliphatic carbocycles. The van der Waals surface area contributed by atoms with Crippen LogP contribution in [0.1, 0.15) is 42.2 Å². The number of benzene rings is 2. The van der Waals surface area contributed by atoms with Gasteiger partial charge in [0.25, 0.3) is 0 Å². The van der Waals surface area contributed by atoms with E-state index in [1.54, 1.807) is 97.5 Å². The minimum absolute atomic E-state index is 0.174. The highest BCUT2D eigenvalue weighted by Crippen LogP contribution is 2.26. The highest BCUT2D eigenvalue weighted by Gasteiger charge is 2.14. The molecular formula is C32H21N3O6. The van der Waals surface area contributed by atoms with Gasteiger partial charge in [-0.1, -0.05) is 24.3 Å². The Labute approximate surface area is 234 Å². The predicted octanol–water partition coefficient (Wildman–Crippen LogP) is 5.70. The second-order valence-electron chi connectivity index (χ2n) is 8.53. The Morgan fingerprint density at radius 2 is 0.902 bits per heavy atom. The van der Waals surface area contributed by atoms with Crippen molar-refractivity contribution in [2.24, 2.45) is 0 Å². The van der Waals surface area contributed by atoms with Crippen molar-refractivity contribution in [1.29, 1.82) is 0 Å². The van der Waals surface area contributed by atoms with E-state index in [9.17, 15) is 14.4 Å². The van der Waals surface area contributed by atoms with E-state index in [2.05, 4.69) is 15.0 Å². The molecule has 0 fully saturated rings.